The van der Waals surface area contributed by atoms with Crippen molar-refractivity contribution in [1.29, 1.82) is 5.41 Å². The van der Waals surface area contributed by atoms with Gasteiger partial charge in [-0.05, 0) is 0 Å². The van der Waals surface area contributed by atoms with Crippen LogP contribution in [0.2, 0.25) is 0 Å². The summed E-state index contributed by atoms with van der Waals surface area (Å²) in [5, 5.41) is 42.4. The maximum atomic E-state index is 9.77. The second-order valence-electron chi connectivity index (χ2n) is 3.90. The maximum absolute atomic E-state index is 9.77. The molecule has 0 aromatic carbocycles. The molecule has 5 N–H and O–H groups in total. The lowest BCUT2D eigenvalue weighted by Crippen LogP contribution is -2.33. The number of hydrogen-bond acceptors (Lipinski definition) is 7. The lowest BCUT2D eigenvalue weighted by molar-refractivity contribution is -0.0588. The van der Waals surface area contributed by atoms with E-state index in [1.54, 1.807) is 7.05 Å². The first-order chi connectivity index (χ1) is 8.58. The highest BCUT2D eigenvalue weighted by Gasteiger charge is 2.43. The number of hydrogen-bond donors (Lipinski definition) is 5. The van der Waals surface area contributed by atoms with Crippen molar-refractivity contribution >= 4 is 5.84 Å². The van der Waals surface area contributed by atoms with Crippen molar-refractivity contribution in [2.45, 2.75) is 24.5 Å². The van der Waals surface area contributed by atoms with Crippen LogP contribution in [0.5, 0.6) is 0 Å². The van der Waals surface area contributed by atoms with Gasteiger partial charge in [-0.3, -0.25) is 5.41 Å². The normalized spacial score (nSPS) is 31.6. The molecule has 2 heterocycles. The molecular formula is C9H15N5O4. The molecule has 4 atom stereocenters. The van der Waals surface area contributed by atoms with E-state index in [2.05, 4.69) is 15.4 Å². The van der Waals surface area contributed by atoms with E-state index in [1.807, 2.05) is 0 Å². The highest BCUT2D eigenvalue weighted by atomic mass is 16.6. The summed E-state index contributed by atoms with van der Waals surface area (Å²) in [6.45, 7) is -0.400. The van der Waals surface area contributed by atoms with Gasteiger partial charge in [-0.25, -0.2) is 9.67 Å². The van der Waals surface area contributed by atoms with Gasteiger partial charge in [0.05, 0.1) is 6.61 Å². The van der Waals surface area contributed by atoms with Gasteiger partial charge in [0.15, 0.2) is 12.1 Å². The van der Waals surface area contributed by atoms with Gasteiger partial charge in [0, 0.05) is 7.05 Å². The molecule has 0 amide bonds. The number of aromatic nitrogens is 3. The largest absolute Gasteiger partial charge is 0.394 e. The minimum Gasteiger partial charge on any atom is -0.394 e. The van der Waals surface area contributed by atoms with Gasteiger partial charge < -0.3 is 25.4 Å². The summed E-state index contributed by atoms with van der Waals surface area (Å²) in [6.07, 6.45) is -2.89. The third-order valence-corrected chi connectivity index (χ3v) is 2.76. The van der Waals surface area contributed by atoms with Crippen molar-refractivity contribution in [2.75, 3.05) is 13.7 Å². The van der Waals surface area contributed by atoms with Gasteiger partial charge in [0.25, 0.3) is 0 Å². The van der Waals surface area contributed by atoms with Crippen LogP contribution in [0.4, 0.5) is 0 Å². The third kappa shape index (κ3) is 2.08. The second kappa shape index (κ2) is 4.98. The van der Waals surface area contributed by atoms with Crippen LogP contribution in [0.3, 0.4) is 0 Å². The van der Waals surface area contributed by atoms with Crippen LogP contribution in [-0.2, 0) is 4.74 Å². The van der Waals surface area contributed by atoms with E-state index in [0.717, 1.165) is 0 Å². The fourth-order valence-corrected chi connectivity index (χ4v) is 1.72. The molecule has 0 bridgehead atoms. The van der Waals surface area contributed by atoms with Crippen molar-refractivity contribution in [2.24, 2.45) is 0 Å². The minimum absolute atomic E-state index is 0.0282. The van der Waals surface area contributed by atoms with Crippen molar-refractivity contribution in [3.05, 3.63) is 12.2 Å². The maximum Gasteiger partial charge on any atom is 0.216 e. The molecule has 2 unspecified atom stereocenters. The zero-order valence-corrected chi connectivity index (χ0v) is 9.69. The summed E-state index contributed by atoms with van der Waals surface area (Å²) in [5.41, 5.74) is 0. The predicted molar refractivity (Wildman–Crippen MR) is 58.9 cm³/mol. The highest BCUT2D eigenvalue weighted by molar-refractivity contribution is 5.92. The molecule has 18 heavy (non-hydrogen) atoms. The third-order valence-electron chi connectivity index (χ3n) is 2.76. The molecule has 9 heteroatoms. The summed E-state index contributed by atoms with van der Waals surface area (Å²) in [6, 6.07) is 0. The van der Waals surface area contributed by atoms with Crippen LogP contribution in [-0.4, -0.2) is 67.9 Å². The smallest absolute Gasteiger partial charge is 0.216 e. The molecule has 1 aliphatic heterocycles. The Morgan fingerprint density at radius 3 is 2.83 bits per heavy atom. The van der Waals surface area contributed by atoms with Crippen LogP contribution in [0.15, 0.2) is 6.33 Å². The molecule has 1 fully saturated rings. The zero-order valence-electron chi connectivity index (χ0n) is 9.69. The molecule has 0 aliphatic carbocycles. The van der Waals surface area contributed by atoms with Gasteiger partial charge in [-0.15, -0.1) is 5.10 Å². The van der Waals surface area contributed by atoms with E-state index in [9.17, 15) is 10.2 Å². The van der Waals surface area contributed by atoms with E-state index in [0.29, 0.717) is 0 Å². The SMILES string of the molecule is CNC(=N)c1ncn([C@@H]2O[C@H](CO)C(O)C2O)n1. The van der Waals surface area contributed by atoms with E-state index in [1.165, 1.54) is 11.0 Å². The molecule has 100 valence electrons. The summed E-state index contributed by atoms with van der Waals surface area (Å²) in [7, 11) is 1.56. The molecule has 1 saturated heterocycles. The van der Waals surface area contributed by atoms with Gasteiger partial charge >= 0.3 is 0 Å². The first-order valence-corrected chi connectivity index (χ1v) is 5.38. The fourth-order valence-electron chi connectivity index (χ4n) is 1.72. The van der Waals surface area contributed by atoms with Crippen molar-refractivity contribution in [3.8, 4) is 0 Å². The molecule has 9 nitrogen and oxygen atoms in total. The van der Waals surface area contributed by atoms with Crippen LogP contribution < -0.4 is 5.32 Å². The molecular weight excluding hydrogens is 242 g/mol. The van der Waals surface area contributed by atoms with Gasteiger partial charge in [-0.1, -0.05) is 0 Å². The van der Waals surface area contributed by atoms with Crippen LogP contribution in [0.1, 0.15) is 12.1 Å². The standard InChI is InChI=1S/C9H15N5O4/c1-11-7(10)8-12-3-14(13-8)9-6(17)5(16)4(2-15)18-9/h3-6,9,15-17H,2H2,1H3,(H2,10,11)/t4-,5?,6?,9-/m1/s1. The Morgan fingerprint density at radius 1 is 1.56 bits per heavy atom. The number of nitrogens with zero attached hydrogens (tertiary/aromatic N) is 3. The Kier molecular flexibility index (Phi) is 3.57. The molecule has 0 saturated carbocycles. The number of amidine groups is 1. The minimum atomic E-state index is -1.21. The summed E-state index contributed by atoms with van der Waals surface area (Å²) in [5.74, 6) is 0.177. The monoisotopic (exact) mass is 257 g/mol. The molecule has 0 radical (unpaired) electrons. The number of rotatable bonds is 3. The first kappa shape index (κ1) is 12.9. The molecule has 1 aromatic heterocycles. The Balaban J connectivity index is 2.17. The number of ether oxygens (including phenoxy) is 1. The first-order valence-electron chi connectivity index (χ1n) is 5.38. The number of aliphatic hydroxyl groups excluding tert-OH is 3. The lowest BCUT2D eigenvalue weighted by Gasteiger charge is -2.13. The average Bonchev–Trinajstić information content (AvgIpc) is 2.96. The van der Waals surface area contributed by atoms with E-state index >= 15 is 0 Å². The fraction of sp³-hybridized carbons (Fsp3) is 0.667. The Bertz CT molecular complexity index is 436. The van der Waals surface area contributed by atoms with Gasteiger partial charge in [0.1, 0.15) is 24.6 Å². The van der Waals surface area contributed by atoms with Crippen molar-refractivity contribution in [3.63, 3.8) is 0 Å². The second-order valence-corrected chi connectivity index (χ2v) is 3.90. The van der Waals surface area contributed by atoms with Crippen molar-refractivity contribution in [1.82, 2.24) is 20.1 Å². The quantitative estimate of drug-likeness (QED) is 0.296. The summed E-state index contributed by atoms with van der Waals surface area (Å²) >= 11 is 0. The van der Waals surface area contributed by atoms with E-state index < -0.39 is 31.1 Å². The highest BCUT2D eigenvalue weighted by Crippen LogP contribution is 2.28. The zero-order chi connectivity index (χ0) is 13.3. The van der Waals surface area contributed by atoms with Gasteiger partial charge in [-0.2, -0.15) is 0 Å². The summed E-state index contributed by atoms with van der Waals surface area (Å²) < 4.78 is 6.48. The Morgan fingerprint density at radius 2 is 2.28 bits per heavy atom. The number of nitrogens with one attached hydrogen (secondary N) is 2. The Labute approximate surface area is 103 Å². The summed E-state index contributed by atoms with van der Waals surface area (Å²) in [4.78, 5) is 3.87. The van der Waals surface area contributed by atoms with Crippen LogP contribution >= 0.6 is 0 Å². The van der Waals surface area contributed by atoms with Crippen LogP contribution in [0.25, 0.3) is 0 Å². The Hall–Kier alpha value is -1.55. The van der Waals surface area contributed by atoms with Crippen molar-refractivity contribution < 1.29 is 20.1 Å². The molecule has 1 aliphatic rings. The van der Waals surface area contributed by atoms with E-state index in [4.69, 9.17) is 15.3 Å². The number of aliphatic hydroxyl groups is 3. The van der Waals surface area contributed by atoms with E-state index in [-0.39, 0.29) is 11.7 Å². The molecule has 1 aromatic rings. The van der Waals surface area contributed by atoms with Crippen LogP contribution in [0, 0.1) is 5.41 Å². The predicted octanol–water partition coefficient (Wildman–Crippen LogP) is -2.57. The molecule has 0 spiro atoms. The molecule has 2 rings (SSSR count). The van der Waals surface area contributed by atoms with Gasteiger partial charge in [0.2, 0.25) is 5.82 Å². The topological polar surface area (TPSA) is 137 Å². The lowest BCUT2D eigenvalue weighted by atomic mass is 10.1. The average molecular weight is 257 g/mol.